The van der Waals surface area contributed by atoms with Crippen LogP contribution in [0, 0.1) is 0 Å². The molecule has 0 heterocycles. The number of unbranched alkanes of at least 4 members (excludes halogenated alkanes) is 46. The lowest BCUT2D eigenvalue weighted by Gasteiger charge is -2.19. The highest BCUT2D eigenvalue weighted by Gasteiger charge is 2.18. The molecule has 0 fully saturated rings. The molecule has 1 amide bonds. The Labute approximate surface area is 439 Å². The van der Waals surface area contributed by atoms with Gasteiger partial charge in [-0.2, -0.15) is 0 Å². The third-order valence-corrected chi connectivity index (χ3v) is 14.8. The van der Waals surface area contributed by atoms with Gasteiger partial charge in [-0.15, -0.1) is 0 Å². The maximum absolute atomic E-state index is 12.5. The minimum absolute atomic E-state index is 0.0686. The van der Waals surface area contributed by atoms with Crippen molar-refractivity contribution >= 4 is 5.91 Å². The first kappa shape index (κ1) is 68.4. The number of rotatable bonds is 59. The van der Waals surface area contributed by atoms with Crippen LogP contribution in [-0.4, -0.2) is 34.9 Å². The molecule has 3 N–H and O–H groups in total. The van der Waals surface area contributed by atoms with E-state index in [4.69, 9.17) is 0 Å². The lowest BCUT2D eigenvalue weighted by atomic mass is 10.0. The third-order valence-electron chi connectivity index (χ3n) is 14.8. The number of carbonyl (C=O) groups excluding carboxylic acids is 1. The molecular formula is C66H125NO3. The van der Waals surface area contributed by atoms with Gasteiger partial charge in [-0.1, -0.05) is 326 Å². The molecule has 0 aromatic rings. The monoisotopic (exact) mass is 980 g/mol. The Bertz CT molecular complexity index is 1110. The molecule has 0 bridgehead atoms. The smallest absolute Gasteiger partial charge is 0.220 e. The SMILES string of the molecule is CCCCCCC/C=C\C/C=C\CCCCCCCCCCCCCCCCCCCC(=O)NC(CO)C(O)/C=C/CC/C=C/CCCCCCCCCCCCCCCCCCCCCCCCC. The summed E-state index contributed by atoms with van der Waals surface area (Å²) in [6.45, 7) is 4.32. The molecule has 4 nitrogen and oxygen atoms in total. The van der Waals surface area contributed by atoms with Crippen LogP contribution in [0.25, 0.3) is 0 Å². The fourth-order valence-corrected chi connectivity index (χ4v) is 9.94. The predicted molar refractivity (Wildman–Crippen MR) is 313 cm³/mol. The number of amides is 1. The molecule has 0 aliphatic rings. The quantitative estimate of drug-likeness (QED) is 0.0420. The Balaban J connectivity index is 3.48. The Morgan fingerprint density at radius 3 is 0.914 bits per heavy atom. The van der Waals surface area contributed by atoms with Crippen molar-refractivity contribution in [1.29, 1.82) is 0 Å². The number of nitrogens with one attached hydrogen (secondary N) is 1. The van der Waals surface area contributed by atoms with E-state index in [-0.39, 0.29) is 12.5 Å². The normalized spacial score (nSPS) is 13.0. The van der Waals surface area contributed by atoms with Crippen LogP contribution in [0.2, 0.25) is 0 Å². The Kier molecular flexibility index (Phi) is 60.2. The first-order valence-corrected chi connectivity index (χ1v) is 31.9. The number of hydrogen-bond donors (Lipinski definition) is 3. The largest absolute Gasteiger partial charge is 0.394 e. The summed E-state index contributed by atoms with van der Waals surface area (Å²) in [6.07, 6.45) is 86.0. The van der Waals surface area contributed by atoms with Crippen LogP contribution < -0.4 is 5.32 Å². The average molecular weight is 981 g/mol. The van der Waals surface area contributed by atoms with Crippen LogP contribution in [0.15, 0.2) is 48.6 Å². The maximum Gasteiger partial charge on any atom is 0.220 e. The molecule has 4 heteroatoms. The van der Waals surface area contributed by atoms with Gasteiger partial charge in [0.1, 0.15) is 0 Å². The Morgan fingerprint density at radius 1 is 0.343 bits per heavy atom. The Morgan fingerprint density at radius 2 is 0.600 bits per heavy atom. The Hall–Kier alpha value is -1.65. The summed E-state index contributed by atoms with van der Waals surface area (Å²) < 4.78 is 0. The van der Waals surface area contributed by atoms with Crippen LogP contribution in [0.4, 0.5) is 0 Å². The van der Waals surface area contributed by atoms with E-state index in [1.165, 1.54) is 289 Å². The summed E-state index contributed by atoms with van der Waals surface area (Å²) in [4.78, 5) is 12.5. The molecule has 0 saturated carbocycles. The summed E-state index contributed by atoms with van der Waals surface area (Å²) in [5.41, 5.74) is 0. The van der Waals surface area contributed by atoms with E-state index in [0.717, 1.165) is 38.5 Å². The van der Waals surface area contributed by atoms with Crippen molar-refractivity contribution in [3.8, 4) is 0 Å². The van der Waals surface area contributed by atoms with E-state index < -0.39 is 12.1 Å². The van der Waals surface area contributed by atoms with Crippen molar-refractivity contribution in [3.63, 3.8) is 0 Å². The van der Waals surface area contributed by atoms with Crippen molar-refractivity contribution in [3.05, 3.63) is 48.6 Å². The van der Waals surface area contributed by atoms with Crippen LogP contribution in [0.3, 0.4) is 0 Å². The zero-order valence-corrected chi connectivity index (χ0v) is 47.6. The fraction of sp³-hybridized carbons (Fsp3) is 0.864. The lowest BCUT2D eigenvalue weighted by molar-refractivity contribution is -0.123. The van der Waals surface area contributed by atoms with E-state index in [2.05, 4.69) is 55.6 Å². The van der Waals surface area contributed by atoms with Gasteiger partial charge < -0.3 is 15.5 Å². The molecule has 0 saturated heterocycles. The van der Waals surface area contributed by atoms with Gasteiger partial charge in [-0.3, -0.25) is 4.79 Å². The standard InChI is InChI=1S/C66H125NO3/c1-3-5-7-9-11-13-15-17-19-21-23-25-27-29-31-33-35-37-39-41-43-45-47-49-51-53-55-57-59-61-65(69)64(63-68)67-66(70)62-60-58-56-54-52-50-48-46-44-42-40-38-36-34-32-30-28-26-24-22-20-18-16-14-12-10-8-6-4-2/h16,18,22,24,51,53,59,61,64-65,68-69H,3-15,17,19-21,23,25-50,52,54-58,60,62-63H2,1-2H3,(H,67,70)/b18-16-,24-22-,53-51+,61-59+. The molecule has 2 atom stereocenters. The second-order valence-corrected chi connectivity index (χ2v) is 21.8. The summed E-state index contributed by atoms with van der Waals surface area (Å²) in [7, 11) is 0. The lowest BCUT2D eigenvalue weighted by Crippen LogP contribution is -2.45. The molecule has 0 spiro atoms. The van der Waals surface area contributed by atoms with E-state index in [1.54, 1.807) is 6.08 Å². The zero-order valence-electron chi connectivity index (χ0n) is 47.6. The second kappa shape index (κ2) is 61.6. The van der Waals surface area contributed by atoms with Gasteiger partial charge in [0.2, 0.25) is 5.91 Å². The van der Waals surface area contributed by atoms with Gasteiger partial charge in [-0.25, -0.2) is 0 Å². The van der Waals surface area contributed by atoms with Crippen LogP contribution in [0.1, 0.15) is 348 Å². The summed E-state index contributed by atoms with van der Waals surface area (Å²) in [5, 5.41) is 23.2. The van der Waals surface area contributed by atoms with Gasteiger partial charge in [-0.05, 0) is 64.2 Å². The molecule has 0 aromatic carbocycles. The van der Waals surface area contributed by atoms with Crippen molar-refractivity contribution in [2.45, 2.75) is 360 Å². The third kappa shape index (κ3) is 57.3. The highest BCUT2D eigenvalue weighted by Crippen LogP contribution is 2.18. The van der Waals surface area contributed by atoms with Crippen molar-refractivity contribution < 1.29 is 15.0 Å². The summed E-state index contributed by atoms with van der Waals surface area (Å²) in [5.74, 6) is -0.0686. The molecular weight excluding hydrogens is 855 g/mol. The first-order chi connectivity index (χ1) is 34.7. The van der Waals surface area contributed by atoms with Crippen molar-refractivity contribution in [2.24, 2.45) is 0 Å². The number of carbonyl (C=O) groups is 1. The summed E-state index contributed by atoms with van der Waals surface area (Å²) in [6, 6.07) is -0.641. The average Bonchev–Trinajstić information content (AvgIpc) is 3.36. The van der Waals surface area contributed by atoms with Gasteiger partial charge >= 0.3 is 0 Å². The van der Waals surface area contributed by atoms with Crippen LogP contribution in [0.5, 0.6) is 0 Å². The van der Waals surface area contributed by atoms with Gasteiger partial charge in [0.25, 0.3) is 0 Å². The first-order valence-electron chi connectivity index (χ1n) is 31.9. The minimum Gasteiger partial charge on any atom is -0.394 e. The number of aliphatic hydroxyl groups excluding tert-OH is 2. The van der Waals surface area contributed by atoms with E-state index >= 15 is 0 Å². The summed E-state index contributed by atoms with van der Waals surface area (Å²) >= 11 is 0. The van der Waals surface area contributed by atoms with Crippen LogP contribution >= 0.6 is 0 Å². The van der Waals surface area contributed by atoms with Crippen molar-refractivity contribution in [2.75, 3.05) is 6.61 Å². The molecule has 70 heavy (non-hydrogen) atoms. The molecule has 2 unspecified atom stereocenters. The molecule has 412 valence electrons. The van der Waals surface area contributed by atoms with E-state index in [9.17, 15) is 15.0 Å². The molecule has 0 radical (unpaired) electrons. The van der Waals surface area contributed by atoms with Crippen LogP contribution in [-0.2, 0) is 4.79 Å². The minimum atomic E-state index is -0.864. The van der Waals surface area contributed by atoms with Crippen molar-refractivity contribution in [1.82, 2.24) is 5.32 Å². The molecule has 0 aliphatic heterocycles. The second-order valence-electron chi connectivity index (χ2n) is 21.8. The van der Waals surface area contributed by atoms with E-state index in [0.29, 0.717) is 6.42 Å². The maximum atomic E-state index is 12.5. The number of hydrogen-bond acceptors (Lipinski definition) is 3. The molecule has 0 rings (SSSR count). The topological polar surface area (TPSA) is 69.6 Å². The predicted octanol–water partition coefficient (Wildman–Crippen LogP) is 21.4. The fourth-order valence-electron chi connectivity index (χ4n) is 9.94. The highest BCUT2D eigenvalue weighted by atomic mass is 16.3. The van der Waals surface area contributed by atoms with Gasteiger partial charge in [0.15, 0.2) is 0 Å². The highest BCUT2D eigenvalue weighted by molar-refractivity contribution is 5.76. The van der Waals surface area contributed by atoms with Gasteiger partial charge in [0.05, 0.1) is 18.8 Å². The van der Waals surface area contributed by atoms with E-state index in [1.807, 2.05) is 6.08 Å². The molecule has 0 aliphatic carbocycles. The zero-order chi connectivity index (χ0) is 50.6. The number of aliphatic hydroxyl groups is 2. The van der Waals surface area contributed by atoms with Gasteiger partial charge in [0, 0.05) is 6.42 Å². The number of allylic oxidation sites excluding steroid dienone is 7. The molecule has 0 aromatic heterocycles.